The Morgan fingerprint density at radius 2 is 2.05 bits per heavy atom. The van der Waals surface area contributed by atoms with Crippen LogP contribution in [0.2, 0.25) is 5.15 Å². The number of nitrogens with zero attached hydrogens (tertiary/aromatic N) is 2. The fraction of sp³-hybridized carbons (Fsp3) is 0.733. The van der Waals surface area contributed by atoms with Crippen molar-refractivity contribution in [3.05, 3.63) is 17.0 Å². The number of hydrogen-bond acceptors (Lipinski definition) is 4. The molecule has 6 heteroatoms. The molecule has 1 N–H and O–H groups in total. The number of aromatic nitrogens is 2. The van der Waals surface area contributed by atoms with Gasteiger partial charge in [0.15, 0.2) is 0 Å². The summed E-state index contributed by atoms with van der Waals surface area (Å²) in [6, 6.07) is 2.02. The molecule has 0 aromatic carbocycles. The molecule has 116 valence electrons. The van der Waals surface area contributed by atoms with Crippen LogP contribution in [0, 0.1) is 0 Å². The zero-order chi connectivity index (χ0) is 14.8. The molecule has 0 saturated heterocycles. The van der Waals surface area contributed by atoms with Gasteiger partial charge in [0, 0.05) is 34.6 Å². The molecular weight excluding hydrogens is 306 g/mol. The van der Waals surface area contributed by atoms with E-state index in [9.17, 15) is 4.21 Å². The Kier molecular flexibility index (Phi) is 4.79. The van der Waals surface area contributed by atoms with E-state index in [0.29, 0.717) is 11.1 Å². The summed E-state index contributed by atoms with van der Waals surface area (Å²) in [4.78, 5) is 8.92. The molecule has 3 rings (SSSR count). The predicted molar refractivity (Wildman–Crippen MR) is 87.4 cm³/mol. The van der Waals surface area contributed by atoms with E-state index in [1.165, 1.54) is 12.8 Å². The lowest BCUT2D eigenvalue weighted by atomic mass is 9.95. The first kappa shape index (κ1) is 15.2. The Hall–Kier alpha value is -0.680. The maximum absolute atomic E-state index is 12.2. The van der Waals surface area contributed by atoms with Gasteiger partial charge in [-0.3, -0.25) is 4.21 Å². The molecule has 2 saturated carbocycles. The van der Waals surface area contributed by atoms with Gasteiger partial charge in [-0.15, -0.1) is 0 Å². The third-order valence-corrected chi connectivity index (χ3v) is 6.31. The van der Waals surface area contributed by atoms with Crippen LogP contribution in [-0.4, -0.2) is 31.2 Å². The topological polar surface area (TPSA) is 54.9 Å². The maximum Gasteiger partial charge on any atom is 0.135 e. The van der Waals surface area contributed by atoms with Crippen LogP contribution in [0.15, 0.2) is 6.07 Å². The Balaban J connectivity index is 1.76. The number of hydrogen-bond donors (Lipinski definition) is 1. The fourth-order valence-electron chi connectivity index (χ4n) is 3.01. The van der Waals surface area contributed by atoms with E-state index in [1.807, 2.05) is 6.92 Å². The van der Waals surface area contributed by atoms with Crippen LogP contribution < -0.4 is 5.32 Å². The fourth-order valence-corrected chi connectivity index (χ4v) is 4.63. The molecule has 3 atom stereocenters. The van der Waals surface area contributed by atoms with E-state index in [2.05, 4.69) is 15.3 Å². The quantitative estimate of drug-likeness (QED) is 0.841. The number of nitrogens with one attached hydrogen (secondary N) is 1. The molecule has 2 fully saturated rings. The van der Waals surface area contributed by atoms with Crippen LogP contribution in [0.1, 0.15) is 57.2 Å². The van der Waals surface area contributed by atoms with E-state index in [-0.39, 0.29) is 11.3 Å². The van der Waals surface area contributed by atoms with Crippen molar-refractivity contribution in [2.45, 2.75) is 62.7 Å². The van der Waals surface area contributed by atoms with Crippen molar-refractivity contribution in [1.82, 2.24) is 9.97 Å². The highest BCUT2D eigenvalue weighted by Crippen LogP contribution is 2.39. The lowest BCUT2D eigenvalue weighted by molar-refractivity contribution is 0.464. The molecule has 1 heterocycles. The lowest BCUT2D eigenvalue weighted by Gasteiger charge is -2.31. The van der Waals surface area contributed by atoms with Crippen molar-refractivity contribution in [1.29, 1.82) is 0 Å². The summed E-state index contributed by atoms with van der Waals surface area (Å²) in [6.07, 6.45) is 6.76. The van der Waals surface area contributed by atoms with Gasteiger partial charge < -0.3 is 5.32 Å². The molecule has 0 amide bonds. The molecule has 0 radical (unpaired) electrons. The van der Waals surface area contributed by atoms with Gasteiger partial charge in [0.2, 0.25) is 0 Å². The third-order valence-electron chi connectivity index (χ3n) is 4.31. The minimum atomic E-state index is -0.763. The van der Waals surface area contributed by atoms with Crippen LogP contribution in [0.5, 0.6) is 0 Å². The van der Waals surface area contributed by atoms with Crippen LogP contribution in [-0.2, 0) is 10.8 Å². The van der Waals surface area contributed by atoms with E-state index in [1.54, 1.807) is 6.07 Å². The summed E-state index contributed by atoms with van der Waals surface area (Å²) in [5.41, 5.74) is 0. The summed E-state index contributed by atoms with van der Waals surface area (Å²) in [5, 5.41) is 4.20. The molecule has 0 spiro atoms. The first-order valence-electron chi connectivity index (χ1n) is 7.85. The lowest BCUT2D eigenvalue weighted by Crippen LogP contribution is -2.40. The van der Waals surface area contributed by atoms with Crippen molar-refractivity contribution in [2.24, 2.45) is 0 Å². The maximum atomic E-state index is 12.2. The van der Waals surface area contributed by atoms with Crippen molar-refractivity contribution < 1.29 is 4.21 Å². The summed E-state index contributed by atoms with van der Waals surface area (Å²) in [5.74, 6) is 2.85. The van der Waals surface area contributed by atoms with Gasteiger partial charge >= 0.3 is 0 Å². The summed E-state index contributed by atoms with van der Waals surface area (Å²) >= 11 is 6.11. The molecule has 2 aliphatic rings. The van der Waals surface area contributed by atoms with Gasteiger partial charge in [-0.25, -0.2) is 9.97 Å². The van der Waals surface area contributed by atoms with Crippen molar-refractivity contribution in [3.8, 4) is 0 Å². The molecule has 2 aliphatic carbocycles. The highest BCUT2D eigenvalue weighted by Gasteiger charge is 2.31. The number of rotatable bonds is 5. The second-order valence-corrected chi connectivity index (χ2v) is 8.28. The van der Waals surface area contributed by atoms with E-state index < -0.39 is 10.8 Å². The first-order valence-corrected chi connectivity index (χ1v) is 9.61. The molecule has 1 aromatic rings. The normalized spacial score (nSPS) is 27.3. The Labute approximate surface area is 133 Å². The molecule has 3 unspecified atom stereocenters. The average Bonchev–Trinajstić information content (AvgIpc) is 3.31. The predicted octanol–water partition coefficient (Wildman–Crippen LogP) is 3.50. The molecule has 21 heavy (non-hydrogen) atoms. The number of anilines is 1. The van der Waals surface area contributed by atoms with Gasteiger partial charge in [-0.05, 0) is 25.7 Å². The van der Waals surface area contributed by atoms with Crippen LogP contribution in [0.3, 0.4) is 0 Å². The molecule has 0 bridgehead atoms. The van der Waals surface area contributed by atoms with E-state index >= 15 is 0 Å². The average molecular weight is 328 g/mol. The second-order valence-electron chi connectivity index (χ2n) is 5.95. The van der Waals surface area contributed by atoms with Gasteiger partial charge in [-0.1, -0.05) is 31.4 Å². The summed E-state index contributed by atoms with van der Waals surface area (Å²) < 4.78 is 12.2. The van der Waals surface area contributed by atoms with E-state index in [0.717, 1.165) is 43.1 Å². The highest BCUT2D eigenvalue weighted by molar-refractivity contribution is 7.85. The van der Waals surface area contributed by atoms with Gasteiger partial charge in [0.25, 0.3) is 0 Å². The smallest absolute Gasteiger partial charge is 0.135 e. The van der Waals surface area contributed by atoms with Crippen LogP contribution >= 0.6 is 11.6 Å². The van der Waals surface area contributed by atoms with Gasteiger partial charge in [0.05, 0.1) is 5.25 Å². The second kappa shape index (κ2) is 6.61. The zero-order valence-electron chi connectivity index (χ0n) is 12.3. The Morgan fingerprint density at radius 1 is 1.29 bits per heavy atom. The van der Waals surface area contributed by atoms with Crippen LogP contribution in [0.25, 0.3) is 0 Å². The summed E-state index contributed by atoms with van der Waals surface area (Å²) in [6.45, 7) is 1.99. The molecular formula is C15H22ClN3OS. The minimum Gasteiger partial charge on any atom is -0.366 e. The Bertz CT molecular complexity index is 536. The van der Waals surface area contributed by atoms with Crippen molar-refractivity contribution in [3.63, 3.8) is 0 Å². The monoisotopic (exact) mass is 327 g/mol. The summed E-state index contributed by atoms with van der Waals surface area (Å²) in [7, 11) is -0.763. The zero-order valence-corrected chi connectivity index (χ0v) is 13.9. The third kappa shape index (κ3) is 3.75. The first-order chi connectivity index (χ1) is 10.2. The molecule has 0 aliphatic heterocycles. The van der Waals surface area contributed by atoms with Crippen molar-refractivity contribution >= 4 is 28.2 Å². The SMILES string of the molecule is CCS(=O)C1CCCCC1Nc1cc(Cl)nc(C2CC2)n1. The van der Waals surface area contributed by atoms with E-state index in [4.69, 9.17) is 11.6 Å². The highest BCUT2D eigenvalue weighted by atomic mass is 35.5. The van der Waals surface area contributed by atoms with Crippen LogP contribution in [0.4, 0.5) is 5.82 Å². The standard InChI is InChI=1S/C15H22ClN3OS/c1-2-21(20)12-6-4-3-5-11(12)17-14-9-13(16)18-15(19-14)10-7-8-10/h9-12H,2-8H2,1H3,(H,17,18,19). The van der Waals surface area contributed by atoms with Gasteiger partial charge in [-0.2, -0.15) is 0 Å². The Morgan fingerprint density at radius 3 is 2.76 bits per heavy atom. The molecule has 1 aromatic heterocycles. The molecule has 4 nitrogen and oxygen atoms in total. The largest absolute Gasteiger partial charge is 0.366 e. The minimum absolute atomic E-state index is 0.224. The number of halogens is 1. The van der Waals surface area contributed by atoms with Gasteiger partial charge in [0.1, 0.15) is 16.8 Å². The van der Waals surface area contributed by atoms with Crippen molar-refractivity contribution in [2.75, 3.05) is 11.1 Å².